The third-order valence-electron chi connectivity index (χ3n) is 5.09. The lowest BCUT2D eigenvalue weighted by atomic mass is 9.97. The molecule has 4 N–H and O–H groups in total. The molecule has 0 spiro atoms. The summed E-state index contributed by atoms with van der Waals surface area (Å²) in [5.74, 6) is -0.684. The summed E-state index contributed by atoms with van der Waals surface area (Å²) < 4.78 is 18.9. The third-order valence-corrected chi connectivity index (χ3v) is 5.53. The molecule has 1 aliphatic rings. The molecule has 3 amide bonds. The van der Waals surface area contributed by atoms with Gasteiger partial charge in [-0.1, -0.05) is 23.2 Å². The first kappa shape index (κ1) is 24.3. The fourth-order valence-corrected chi connectivity index (χ4v) is 4.04. The van der Waals surface area contributed by atoms with Crippen LogP contribution in [0.3, 0.4) is 0 Å². The topological polar surface area (TPSA) is 99.7 Å². The van der Waals surface area contributed by atoms with E-state index in [1.807, 2.05) is 0 Å². The van der Waals surface area contributed by atoms with Gasteiger partial charge in [0.15, 0.2) is 0 Å². The second-order valence-corrected chi connectivity index (χ2v) is 8.34. The summed E-state index contributed by atoms with van der Waals surface area (Å²) in [7, 11) is 0. The van der Waals surface area contributed by atoms with E-state index in [4.69, 9.17) is 27.9 Å². The second kappa shape index (κ2) is 11.5. The smallest absolute Gasteiger partial charge is 0.319 e. The van der Waals surface area contributed by atoms with Gasteiger partial charge < -0.3 is 25.8 Å². The van der Waals surface area contributed by atoms with Crippen molar-refractivity contribution >= 4 is 40.8 Å². The van der Waals surface area contributed by atoms with Crippen molar-refractivity contribution in [2.75, 3.05) is 18.5 Å². The van der Waals surface area contributed by atoms with Crippen molar-refractivity contribution in [2.45, 2.75) is 37.5 Å². The average Bonchev–Trinajstić information content (AvgIpc) is 2.75. The number of carbonyl (C=O) groups excluding carboxylic acids is 2. The van der Waals surface area contributed by atoms with Crippen molar-refractivity contribution < 1.29 is 23.8 Å². The molecular weight excluding hydrogens is 460 g/mol. The number of rotatable bonds is 7. The van der Waals surface area contributed by atoms with E-state index < -0.39 is 18.0 Å². The minimum absolute atomic E-state index is 0.173. The van der Waals surface area contributed by atoms with E-state index in [2.05, 4.69) is 16.0 Å². The van der Waals surface area contributed by atoms with Crippen LogP contribution in [0.1, 0.15) is 29.6 Å². The second-order valence-electron chi connectivity index (χ2n) is 7.47. The van der Waals surface area contributed by atoms with Crippen molar-refractivity contribution in [3.63, 3.8) is 0 Å². The Balaban J connectivity index is 1.44. The minimum Gasteiger partial charge on any atom is -0.394 e. The molecule has 0 bridgehead atoms. The van der Waals surface area contributed by atoms with Crippen LogP contribution in [-0.4, -0.2) is 48.4 Å². The zero-order chi connectivity index (χ0) is 23.1. The number of hydrogen-bond acceptors (Lipinski definition) is 4. The van der Waals surface area contributed by atoms with Crippen LogP contribution in [0.15, 0.2) is 42.5 Å². The number of benzene rings is 2. The van der Waals surface area contributed by atoms with Gasteiger partial charge in [-0.15, -0.1) is 0 Å². The van der Waals surface area contributed by atoms with Gasteiger partial charge in [-0.25, -0.2) is 9.18 Å². The van der Waals surface area contributed by atoms with Crippen LogP contribution in [0, 0.1) is 5.82 Å². The van der Waals surface area contributed by atoms with E-state index in [0.29, 0.717) is 47.1 Å². The predicted octanol–water partition coefficient (Wildman–Crippen LogP) is 3.98. The molecule has 0 radical (unpaired) electrons. The summed E-state index contributed by atoms with van der Waals surface area (Å²) in [4.78, 5) is 24.5. The van der Waals surface area contributed by atoms with Gasteiger partial charge in [0, 0.05) is 27.8 Å². The van der Waals surface area contributed by atoms with Gasteiger partial charge in [0.1, 0.15) is 11.9 Å². The van der Waals surface area contributed by atoms with Gasteiger partial charge in [0.25, 0.3) is 5.91 Å². The van der Waals surface area contributed by atoms with Gasteiger partial charge in [-0.05, 0) is 61.7 Å². The maximum atomic E-state index is 13.0. The van der Waals surface area contributed by atoms with Gasteiger partial charge in [0.05, 0.1) is 18.8 Å². The lowest BCUT2D eigenvalue weighted by Gasteiger charge is -2.36. The van der Waals surface area contributed by atoms with Crippen LogP contribution in [-0.2, 0) is 4.74 Å². The van der Waals surface area contributed by atoms with Crippen LogP contribution in [0.4, 0.5) is 14.9 Å². The summed E-state index contributed by atoms with van der Waals surface area (Å²) in [5, 5.41) is 18.7. The first-order valence-corrected chi connectivity index (χ1v) is 10.9. The van der Waals surface area contributed by atoms with E-state index in [-0.39, 0.29) is 24.7 Å². The SMILES string of the molecule is O=C(Nc1ccc(F)cc1)N[C@H]1CC[C@@H](CCNC(=O)c2cc(Cl)cc(Cl)c2)O[C@@H]1CO. The van der Waals surface area contributed by atoms with Gasteiger partial charge >= 0.3 is 6.03 Å². The molecule has 1 heterocycles. The predicted molar refractivity (Wildman–Crippen MR) is 121 cm³/mol. The Kier molecular flexibility index (Phi) is 8.69. The van der Waals surface area contributed by atoms with Crippen LogP contribution in [0.2, 0.25) is 10.0 Å². The highest BCUT2D eigenvalue weighted by molar-refractivity contribution is 6.35. The van der Waals surface area contributed by atoms with Crippen molar-refractivity contribution in [3.8, 4) is 0 Å². The monoisotopic (exact) mass is 483 g/mol. The van der Waals surface area contributed by atoms with Crippen molar-refractivity contribution in [2.24, 2.45) is 0 Å². The van der Waals surface area contributed by atoms with Gasteiger partial charge in [-0.3, -0.25) is 4.79 Å². The lowest BCUT2D eigenvalue weighted by Crippen LogP contribution is -2.52. The van der Waals surface area contributed by atoms with E-state index in [1.54, 1.807) is 6.07 Å². The average molecular weight is 484 g/mol. The number of halogens is 3. The molecule has 0 saturated carbocycles. The molecule has 3 atom stereocenters. The number of carbonyl (C=O) groups is 2. The maximum absolute atomic E-state index is 13.0. The van der Waals surface area contributed by atoms with Gasteiger partial charge in [-0.2, -0.15) is 0 Å². The molecule has 3 rings (SSSR count). The molecule has 10 heteroatoms. The zero-order valence-corrected chi connectivity index (χ0v) is 18.6. The number of aliphatic hydroxyl groups is 1. The Bertz CT molecular complexity index is 925. The van der Waals surface area contributed by atoms with Crippen LogP contribution < -0.4 is 16.0 Å². The van der Waals surface area contributed by atoms with Crippen LogP contribution in [0.25, 0.3) is 0 Å². The quantitative estimate of drug-likeness (QED) is 0.478. The highest BCUT2D eigenvalue weighted by Crippen LogP contribution is 2.22. The summed E-state index contributed by atoms with van der Waals surface area (Å²) in [6.45, 7) is 0.111. The maximum Gasteiger partial charge on any atom is 0.319 e. The number of nitrogens with one attached hydrogen (secondary N) is 3. The summed E-state index contributed by atoms with van der Waals surface area (Å²) in [5.41, 5.74) is 0.826. The summed E-state index contributed by atoms with van der Waals surface area (Å²) in [6, 6.07) is 9.20. The Morgan fingerprint density at radius 1 is 1.09 bits per heavy atom. The van der Waals surface area contributed by atoms with E-state index >= 15 is 0 Å². The minimum atomic E-state index is -0.574. The number of ether oxygens (including phenoxy) is 1. The Labute approximate surface area is 195 Å². The molecule has 7 nitrogen and oxygen atoms in total. The Hall–Kier alpha value is -2.39. The van der Waals surface area contributed by atoms with Crippen LogP contribution in [0.5, 0.6) is 0 Å². The number of urea groups is 1. The molecule has 0 unspecified atom stereocenters. The first-order valence-electron chi connectivity index (χ1n) is 10.2. The normalized spacial score (nSPS) is 20.4. The molecule has 172 valence electrons. The zero-order valence-electron chi connectivity index (χ0n) is 17.1. The molecular formula is C22H24Cl2FN3O4. The number of amides is 3. The molecule has 1 fully saturated rings. The standard InChI is InChI=1S/C22H24Cl2FN3O4/c23-14-9-13(10-15(24)11-14)21(30)26-8-7-18-5-6-19(20(12-29)32-18)28-22(31)27-17-3-1-16(25)2-4-17/h1-4,9-11,18-20,29H,5-8,12H2,(H,26,30)(H2,27,28,31)/t18-,19-,20+/m0/s1. The summed E-state index contributed by atoms with van der Waals surface area (Å²) in [6.07, 6.45) is 1.05. The molecule has 0 aromatic heterocycles. The van der Waals surface area contributed by atoms with Gasteiger partial charge in [0.2, 0.25) is 0 Å². The number of hydrogen-bond donors (Lipinski definition) is 4. The highest BCUT2D eigenvalue weighted by atomic mass is 35.5. The number of aliphatic hydroxyl groups excluding tert-OH is 1. The summed E-state index contributed by atoms with van der Waals surface area (Å²) >= 11 is 11.9. The molecule has 0 aliphatic carbocycles. The first-order chi connectivity index (χ1) is 15.3. The van der Waals surface area contributed by atoms with E-state index in [9.17, 15) is 19.1 Å². The third kappa shape index (κ3) is 7.06. The fourth-order valence-electron chi connectivity index (χ4n) is 3.51. The van der Waals surface area contributed by atoms with E-state index in [1.165, 1.54) is 36.4 Å². The largest absolute Gasteiger partial charge is 0.394 e. The Morgan fingerprint density at radius 3 is 2.44 bits per heavy atom. The molecule has 1 aliphatic heterocycles. The Morgan fingerprint density at radius 2 is 1.78 bits per heavy atom. The van der Waals surface area contributed by atoms with Crippen molar-refractivity contribution in [3.05, 3.63) is 63.9 Å². The molecule has 2 aromatic rings. The highest BCUT2D eigenvalue weighted by Gasteiger charge is 2.31. The van der Waals surface area contributed by atoms with E-state index in [0.717, 1.165) is 0 Å². The van der Waals surface area contributed by atoms with Crippen molar-refractivity contribution in [1.29, 1.82) is 0 Å². The molecule has 32 heavy (non-hydrogen) atoms. The van der Waals surface area contributed by atoms with Crippen LogP contribution >= 0.6 is 23.2 Å². The lowest BCUT2D eigenvalue weighted by molar-refractivity contribution is -0.0886. The van der Waals surface area contributed by atoms with Crippen molar-refractivity contribution in [1.82, 2.24) is 10.6 Å². The number of anilines is 1. The molecule has 1 saturated heterocycles. The molecule has 2 aromatic carbocycles. The fraction of sp³-hybridized carbons (Fsp3) is 0.364.